The van der Waals surface area contributed by atoms with E-state index in [0.717, 1.165) is 0 Å². The van der Waals surface area contributed by atoms with Crippen LogP contribution in [-0.4, -0.2) is 73.7 Å². The average Bonchev–Trinajstić information content (AvgIpc) is 2.91. The Morgan fingerprint density at radius 2 is 1.28 bits per heavy atom. The highest BCUT2D eigenvalue weighted by Crippen LogP contribution is 2.07. The largest absolute Gasteiger partial charge is 0.370 e. The molecular weight excluding hydrogens is 504 g/mol. The predicted octanol–water partition coefficient (Wildman–Crippen LogP) is -1.81. The van der Waals surface area contributed by atoms with Crippen molar-refractivity contribution in [3.8, 4) is 0 Å². The Morgan fingerprint density at radius 1 is 0.744 bits per heavy atom. The topological polar surface area (TPSA) is 259 Å². The van der Waals surface area contributed by atoms with Crippen molar-refractivity contribution in [1.29, 1.82) is 0 Å². The van der Waals surface area contributed by atoms with Gasteiger partial charge >= 0.3 is 0 Å². The normalized spacial score (nSPS) is 12.7. The molecule has 1 aromatic rings. The second kappa shape index (κ2) is 19.0. The number of carbonyl (C=O) groups is 4. The van der Waals surface area contributed by atoms with Crippen LogP contribution in [-0.2, 0) is 14.4 Å². The Bertz CT molecular complexity index is 963. The maximum Gasteiger partial charge on any atom is 0.251 e. The second-order valence-corrected chi connectivity index (χ2v) is 8.89. The quantitative estimate of drug-likeness (QED) is 0.0420. The van der Waals surface area contributed by atoms with Crippen molar-refractivity contribution in [3.63, 3.8) is 0 Å². The molecule has 216 valence electrons. The summed E-state index contributed by atoms with van der Waals surface area (Å²) in [4.78, 5) is 58.4. The minimum absolute atomic E-state index is 0.0642. The van der Waals surface area contributed by atoms with Gasteiger partial charge in [0.25, 0.3) is 5.91 Å². The number of aliphatic imine (C=N–C) groups is 2. The van der Waals surface area contributed by atoms with Gasteiger partial charge in [0.15, 0.2) is 11.9 Å². The number of nitrogens with zero attached hydrogens (tertiary/aromatic N) is 2. The lowest BCUT2D eigenvalue weighted by Gasteiger charge is -2.24. The summed E-state index contributed by atoms with van der Waals surface area (Å²) in [6.45, 7) is 0.974. The molecule has 14 nitrogen and oxygen atoms in total. The van der Waals surface area contributed by atoms with Gasteiger partial charge in [0.2, 0.25) is 11.8 Å². The van der Waals surface area contributed by atoms with Gasteiger partial charge in [-0.05, 0) is 63.6 Å². The smallest absolute Gasteiger partial charge is 0.251 e. The maximum atomic E-state index is 13.3. The number of guanidine groups is 2. The molecule has 1 rings (SSSR count). The number of nitrogens with one attached hydrogen (secondary N) is 3. The van der Waals surface area contributed by atoms with Gasteiger partial charge in [-0.25, -0.2) is 0 Å². The number of hydrogen-bond donors (Lipinski definition) is 8. The highest BCUT2D eigenvalue weighted by Gasteiger charge is 2.27. The molecular formula is C25H42N10O4. The van der Waals surface area contributed by atoms with E-state index in [1.807, 2.05) is 0 Å². The first kappa shape index (κ1) is 32.8. The summed E-state index contributed by atoms with van der Waals surface area (Å²) in [5, 5.41) is 8.11. The van der Waals surface area contributed by atoms with Crippen molar-refractivity contribution >= 4 is 35.9 Å². The molecule has 0 radical (unpaired) electrons. The molecule has 0 fully saturated rings. The van der Waals surface area contributed by atoms with Gasteiger partial charge in [-0.2, -0.15) is 0 Å². The highest BCUT2D eigenvalue weighted by atomic mass is 16.2. The van der Waals surface area contributed by atoms with Gasteiger partial charge < -0.3 is 49.4 Å². The number of amides is 3. The Morgan fingerprint density at radius 3 is 1.85 bits per heavy atom. The average molecular weight is 547 g/mol. The van der Waals surface area contributed by atoms with Crippen LogP contribution in [0.3, 0.4) is 0 Å². The molecule has 1 aromatic carbocycles. The fraction of sp³-hybridized carbons (Fsp3) is 0.520. The van der Waals surface area contributed by atoms with E-state index in [1.54, 1.807) is 30.3 Å². The summed E-state index contributed by atoms with van der Waals surface area (Å²) >= 11 is 0. The third-order valence-corrected chi connectivity index (χ3v) is 5.64. The lowest BCUT2D eigenvalue weighted by atomic mass is 10.0. The predicted molar refractivity (Wildman–Crippen MR) is 150 cm³/mol. The number of rotatable bonds is 19. The van der Waals surface area contributed by atoms with E-state index in [2.05, 4.69) is 25.9 Å². The van der Waals surface area contributed by atoms with Crippen LogP contribution in [0.15, 0.2) is 40.3 Å². The number of nitrogens with two attached hydrogens (primary N) is 5. The van der Waals surface area contributed by atoms with Crippen molar-refractivity contribution in [2.45, 2.75) is 63.1 Å². The fourth-order valence-electron chi connectivity index (χ4n) is 3.61. The van der Waals surface area contributed by atoms with E-state index in [0.29, 0.717) is 63.5 Å². The van der Waals surface area contributed by atoms with Gasteiger partial charge in [0, 0.05) is 18.7 Å². The van der Waals surface area contributed by atoms with Crippen LogP contribution in [0.4, 0.5) is 0 Å². The van der Waals surface area contributed by atoms with Gasteiger partial charge in [-0.15, -0.1) is 0 Å². The van der Waals surface area contributed by atoms with E-state index in [9.17, 15) is 19.2 Å². The maximum absolute atomic E-state index is 13.3. The van der Waals surface area contributed by atoms with E-state index in [4.69, 9.17) is 28.7 Å². The lowest BCUT2D eigenvalue weighted by molar-refractivity contribution is -0.131. The second-order valence-electron chi connectivity index (χ2n) is 8.89. The molecule has 0 heterocycles. The van der Waals surface area contributed by atoms with Gasteiger partial charge in [0.05, 0.1) is 6.04 Å². The molecule has 14 heteroatoms. The zero-order valence-electron chi connectivity index (χ0n) is 22.2. The molecule has 3 atom stereocenters. The Labute approximate surface area is 228 Å². The summed E-state index contributed by atoms with van der Waals surface area (Å²) in [6, 6.07) is 5.78. The first-order chi connectivity index (χ1) is 18.7. The summed E-state index contributed by atoms with van der Waals surface area (Å²) in [5.74, 6) is -1.66. The van der Waals surface area contributed by atoms with Crippen LogP contribution in [0, 0.1) is 0 Å². The van der Waals surface area contributed by atoms with E-state index in [1.165, 1.54) is 0 Å². The van der Waals surface area contributed by atoms with Crippen molar-refractivity contribution in [3.05, 3.63) is 35.9 Å². The Hall–Kier alpha value is -4.20. The number of carbonyl (C=O) groups excluding carboxylic acids is 4. The van der Waals surface area contributed by atoms with Crippen LogP contribution in [0.5, 0.6) is 0 Å². The lowest BCUT2D eigenvalue weighted by Crippen LogP contribution is -2.55. The molecule has 3 amide bonds. The third kappa shape index (κ3) is 14.4. The zero-order valence-corrected chi connectivity index (χ0v) is 22.2. The molecule has 0 aliphatic rings. The van der Waals surface area contributed by atoms with Crippen LogP contribution < -0.4 is 44.6 Å². The van der Waals surface area contributed by atoms with Crippen molar-refractivity contribution in [2.75, 3.05) is 19.6 Å². The van der Waals surface area contributed by atoms with Crippen molar-refractivity contribution in [2.24, 2.45) is 38.7 Å². The molecule has 0 bridgehead atoms. The fourth-order valence-corrected chi connectivity index (χ4v) is 3.61. The molecule has 13 N–H and O–H groups in total. The number of benzene rings is 1. The van der Waals surface area contributed by atoms with Crippen LogP contribution in [0.25, 0.3) is 0 Å². The number of aldehydes is 1. The van der Waals surface area contributed by atoms with Crippen LogP contribution >= 0.6 is 0 Å². The summed E-state index contributed by atoms with van der Waals surface area (Å²) in [5.41, 5.74) is 27.3. The van der Waals surface area contributed by atoms with E-state index in [-0.39, 0.29) is 24.9 Å². The molecule has 39 heavy (non-hydrogen) atoms. The zero-order chi connectivity index (χ0) is 29.0. The van der Waals surface area contributed by atoms with E-state index >= 15 is 0 Å². The number of unbranched alkanes of at least 4 members (excludes halogenated alkanes) is 1. The third-order valence-electron chi connectivity index (χ3n) is 5.64. The Kier molecular flexibility index (Phi) is 16.0. The monoisotopic (exact) mass is 546 g/mol. The SMILES string of the molecule is NCCCC[C@H](NC(=O)c1ccccc1)C(=O)N[C@@H](CCCN=C(N)N)C(=O)N[C@H](C=O)CCCN=C(N)N. The summed E-state index contributed by atoms with van der Waals surface area (Å²) in [7, 11) is 0. The highest BCUT2D eigenvalue weighted by molar-refractivity contribution is 5.98. The Balaban J connectivity index is 2.97. The van der Waals surface area contributed by atoms with Crippen LogP contribution in [0.1, 0.15) is 55.3 Å². The molecule has 0 aromatic heterocycles. The molecule has 0 spiro atoms. The molecule has 0 unspecified atom stereocenters. The van der Waals surface area contributed by atoms with Gasteiger partial charge in [-0.3, -0.25) is 24.4 Å². The first-order valence-corrected chi connectivity index (χ1v) is 12.9. The summed E-state index contributed by atoms with van der Waals surface area (Å²) in [6.07, 6.45) is 3.51. The minimum atomic E-state index is -1.00. The first-order valence-electron chi connectivity index (χ1n) is 12.9. The van der Waals surface area contributed by atoms with Crippen LogP contribution in [0.2, 0.25) is 0 Å². The molecule has 0 aliphatic heterocycles. The van der Waals surface area contributed by atoms with Gasteiger partial charge in [-0.1, -0.05) is 18.2 Å². The minimum Gasteiger partial charge on any atom is -0.370 e. The molecule has 0 aliphatic carbocycles. The molecule has 0 saturated carbocycles. The van der Waals surface area contributed by atoms with Crippen molar-refractivity contribution in [1.82, 2.24) is 16.0 Å². The summed E-state index contributed by atoms with van der Waals surface area (Å²) < 4.78 is 0. The van der Waals surface area contributed by atoms with E-state index < -0.39 is 35.8 Å². The number of hydrogen-bond acceptors (Lipinski definition) is 7. The van der Waals surface area contributed by atoms with Crippen molar-refractivity contribution < 1.29 is 19.2 Å². The van der Waals surface area contributed by atoms with Gasteiger partial charge in [0.1, 0.15) is 18.4 Å². The standard InChI is InChI=1S/C25H42N10O4/c26-13-5-4-11-19(34-21(37)17-8-2-1-3-9-17)23(39)35-20(12-7-15-32-25(29)30)22(38)33-18(16-36)10-6-14-31-24(27)28/h1-3,8-9,16,18-20H,4-7,10-15,26H2,(H,33,38)(H,34,37)(H,35,39)(H4,27,28,31)(H4,29,30,32)/t18-,19-,20-/m0/s1. The molecule has 0 saturated heterocycles.